The molecular weight excluding hydrogens is 268 g/mol. The van der Waals surface area contributed by atoms with Gasteiger partial charge < -0.3 is 10.6 Å². The van der Waals surface area contributed by atoms with Crippen molar-refractivity contribution in [3.63, 3.8) is 0 Å². The molecule has 1 aromatic rings. The lowest BCUT2D eigenvalue weighted by Crippen LogP contribution is -2.56. The molecule has 1 amide bonds. The van der Waals surface area contributed by atoms with Gasteiger partial charge in [0.05, 0.1) is 6.42 Å². The van der Waals surface area contributed by atoms with E-state index in [0.29, 0.717) is 18.4 Å². The van der Waals surface area contributed by atoms with Crippen molar-refractivity contribution in [1.29, 1.82) is 0 Å². The molecule has 0 aromatic carbocycles. The Kier molecular flexibility index (Phi) is 6.12. The first-order valence-electron chi connectivity index (χ1n) is 6.20. The molecule has 1 aromatic heterocycles. The summed E-state index contributed by atoms with van der Waals surface area (Å²) < 4.78 is 0. The van der Waals surface area contributed by atoms with Crippen molar-refractivity contribution in [1.82, 2.24) is 10.6 Å². The average Bonchev–Trinajstić information content (AvgIpc) is 2.76. The fourth-order valence-corrected chi connectivity index (χ4v) is 3.09. The monoisotopic (exact) mass is 288 g/mol. The maximum Gasteiger partial charge on any atom is 0.224 e. The topological polar surface area (TPSA) is 41.1 Å². The molecule has 1 fully saturated rings. The number of hydrogen-bond donors (Lipinski definition) is 2. The van der Waals surface area contributed by atoms with Gasteiger partial charge in [0.2, 0.25) is 5.91 Å². The van der Waals surface area contributed by atoms with Crippen LogP contribution in [0.25, 0.3) is 0 Å². The highest BCUT2D eigenvalue weighted by molar-refractivity contribution is 7.07. The highest BCUT2D eigenvalue weighted by Crippen LogP contribution is 2.16. The SMILES string of the molecule is CC1CCNC(C)C1NC(=O)Cc1ccsc1.Cl. The number of hydrogen-bond acceptors (Lipinski definition) is 3. The van der Waals surface area contributed by atoms with Gasteiger partial charge in [0, 0.05) is 12.1 Å². The number of carbonyl (C=O) groups is 1. The third-order valence-corrected chi connectivity index (χ3v) is 4.22. The van der Waals surface area contributed by atoms with E-state index in [4.69, 9.17) is 0 Å². The van der Waals surface area contributed by atoms with E-state index < -0.39 is 0 Å². The number of piperidine rings is 1. The van der Waals surface area contributed by atoms with E-state index in [1.165, 1.54) is 0 Å². The quantitative estimate of drug-likeness (QED) is 0.895. The van der Waals surface area contributed by atoms with Crippen LogP contribution in [0.1, 0.15) is 25.8 Å². The van der Waals surface area contributed by atoms with Gasteiger partial charge in [0.15, 0.2) is 0 Å². The van der Waals surface area contributed by atoms with Crippen LogP contribution in [-0.4, -0.2) is 24.5 Å². The van der Waals surface area contributed by atoms with E-state index in [1.807, 2.05) is 16.8 Å². The van der Waals surface area contributed by atoms with Gasteiger partial charge in [-0.05, 0) is 48.2 Å². The van der Waals surface area contributed by atoms with Gasteiger partial charge in [-0.1, -0.05) is 6.92 Å². The van der Waals surface area contributed by atoms with Crippen molar-refractivity contribution in [3.05, 3.63) is 22.4 Å². The molecule has 18 heavy (non-hydrogen) atoms. The largest absolute Gasteiger partial charge is 0.351 e. The van der Waals surface area contributed by atoms with Crippen molar-refractivity contribution in [2.45, 2.75) is 38.8 Å². The molecule has 2 heterocycles. The van der Waals surface area contributed by atoms with Crippen molar-refractivity contribution in [3.8, 4) is 0 Å². The molecule has 1 aliphatic rings. The van der Waals surface area contributed by atoms with Gasteiger partial charge in [-0.15, -0.1) is 12.4 Å². The first-order valence-corrected chi connectivity index (χ1v) is 7.15. The Bertz CT molecular complexity index is 359. The van der Waals surface area contributed by atoms with Crippen LogP contribution < -0.4 is 10.6 Å². The standard InChI is InChI=1S/C13H20N2OS.ClH/c1-9-3-5-14-10(2)13(9)15-12(16)7-11-4-6-17-8-11;/h4,6,8-10,13-14H,3,5,7H2,1-2H3,(H,15,16);1H. The summed E-state index contributed by atoms with van der Waals surface area (Å²) in [7, 11) is 0. The van der Waals surface area contributed by atoms with E-state index in [-0.39, 0.29) is 24.4 Å². The fourth-order valence-electron chi connectivity index (χ4n) is 2.42. The molecular formula is C13H21ClN2OS. The van der Waals surface area contributed by atoms with Gasteiger partial charge in [-0.25, -0.2) is 0 Å². The van der Waals surface area contributed by atoms with E-state index in [1.54, 1.807) is 11.3 Å². The minimum Gasteiger partial charge on any atom is -0.351 e. The maximum absolute atomic E-state index is 11.9. The Labute approximate surface area is 119 Å². The molecule has 3 atom stereocenters. The zero-order valence-electron chi connectivity index (χ0n) is 10.8. The number of thiophene rings is 1. The summed E-state index contributed by atoms with van der Waals surface area (Å²) in [6.07, 6.45) is 1.63. The molecule has 0 bridgehead atoms. The Morgan fingerprint density at radius 1 is 1.56 bits per heavy atom. The Hall–Kier alpha value is -0.580. The zero-order valence-corrected chi connectivity index (χ0v) is 12.4. The molecule has 102 valence electrons. The van der Waals surface area contributed by atoms with Crippen molar-refractivity contribution >= 4 is 29.7 Å². The first-order chi connectivity index (χ1) is 8.16. The molecule has 3 nitrogen and oxygen atoms in total. The molecule has 0 aliphatic carbocycles. The molecule has 2 rings (SSSR count). The van der Waals surface area contributed by atoms with E-state index in [2.05, 4.69) is 24.5 Å². The van der Waals surface area contributed by atoms with Gasteiger partial charge >= 0.3 is 0 Å². The van der Waals surface area contributed by atoms with Crippen LogP contribution in [0, 0.1) is 5.92 Å². The van der Waals surface area contributed by atoms with Gasteiger partial charge in [-0.2, -0.15) is 11.3 Å². The number of amides is 1. The third kappa shape index (κ3) is 3.97. The number of nitrogens with one attached hydrogen (secondary N) is 2. The lowest BCUT2D eigenvalue weighted by molar-refractivity contribution is -0.121. The summed E-state index contributed by atoms with van der Waals surface area (Å²) in [4.78, 5) is 11.9. The summed E-state index contributed by atoms with van der Waals surface area (Å²) in [5, 5.41) is 10.6. The normalized spacial score (nSPS) is 27.3. The minimum atomic E-state index is 0. The highest BCUT2D eigenvalue weighted by Gasteiger charge is 2.28. The summed E-state index contributed by atoms with van der Waals surface area (Å²) in [5.41, 5.74) is 1.11. The second-order valence-electron chi connectivity index (χ2n) is 4.91. The van der Waals surface area contributed by atoms with Gasteiger partial charge in [0.1, 0.15) is 0 Å². The van der Waals surface area contributed by atoms with Gasteiger partial charge in [-0.3, -0.25) is 4.79 Å². The smallest absolute Gasteiger partial charge is 0.224 e. The van der Waals surface area contributed by atoms with Crippen LogP contribution >= 0.6 is 23.7 Å². The van der Waals surface area contributed by atoms with Crippen LogP contribution in [0.4, 0.5) is 0 Å². The van der Waals surface area contributed by atoms with E-state index in [9.17, 15) is 4.79 Å². The summed E-state index contributed by atoms with van der Waals surface area (Å²) in [5.74, 6) is 0.688. The molecule has 1 aliphatic heterocycles. The predicted molar refractivity (Wildman–Crippen MR) is 78.4 cm³/mol. The molecule has 0 spiro atoms. The average molecular weight is 289 g/mol. The lowest BCUT2D eigenvalue weighted by Gasteiger charge is -2.36. The van der Waals surface area contributed by atoms with Crippen molar-refractivity contribution in [2.75, 3.05) is 6.54 Å². The molecule has 5 heteroatoms. The molecule has 1 saturated heterocycles. The molecule has 0 saturated carbocycles. The molecule has 0 radical (unpaired) electrons. The number of halogens is 1. The summed E-state index contributed by atoms with van der Waals surface area (Å²) in [6.45, 7) is 5.41. The van der Waals surface area contributed by atoms with E-state index in [0.717, 1.165) is 18.5 Å². The Morgan fingerprint density at radius 3 is 2.94 bits per heavy atom. The van der Waals surface area contributed by atoms with Crippen LogP contribution in [0.15, 0.2) is 16.8 Å². The van der Waals surface area contributed by atoms with Gasteiger partial charge in [0.25, 0.3) is 0 Å². The summed E-state index contributed by atoms with van der Waals surface area (Å²) in [6, 6.07) is 2.64. The third-order valence-electron chi connectivity index (χ3n) is 3.49. The molecule has 3 unspecified atom stereocenters. The number of carbonyl (C=O) groups excluding carboxylic acids is 1. The number of rotatable bonds is 3. The lowest BCUT2D eigenvalue weighted by atomic mass is 9.89. The van der Waals surface area contributed by atoms with Crippen molar-refractivity contribution in [2.24, 2.45) is 5.92 Å². The molecule has 2 N–H and O–H groups in total. The fraction of sp³-hybridized carbons (Fsp3) is 0.615. The Balaban J connectivity index is 0.00000162. The maximum atomic E-state index is 11.9. The van der Waals surface area contributed by atoms with Crippen molar-refractivity contribution < 1.29 is 4.79 Å². The predicted octanol–water partition coefficient (Wildman–Crippen LogP) is 2.22. The highest BCUT2D eigenvalue weighted by atomic mass is 35.5. The minimum absolute atomic E-state index is 0. The van der Waals surface area contributed by atoms with Crippen LogP contribution in [-0.2, 0) is 11.2 Å². The first kappa shape index (κ1) is 15.5. The van der Waals surface area contributed by atoms with Crippen LogP contribution in [0.5, 0.6) is 0 Å². The second kappa shape index (κ2) is 7.12. The van der Waals surface area contributed by atoms with E-state index >= 15 is 0 Å². The zero-order chi connectivity index (χ0) is 12.3. The summed E-state index contributed by atoms with van der Waals surface area (Å²) >= 11 is 1.64. The second-order valence-corrected chi connectivity index (χ2v) is 5.69. The van der Waals surface area contributed by atoms with Crippen LogP contribution in [0.3, 0.4) is 0 Å². The Morgan fingerprint density at radius 2 is 2.33 bits per heavy atom. The van der Waals surface area contributed by atoms with Crippen LogP contribution in [0.2, 0.25) is 0 Å².